The van der Waals surface area contributed by atoms with Crippen LogP contribution >= 0.6 is 0 Å². The van der Waals surface area contributed by atoms with E-state index in [9.17, 15) is 0 Å². The van der Waals surface area contributed by atoms with Crippen LogP contribution in [0.5, 0.6) is 11.5 Å². The van der Waals surface area contributed by atoms with Gasteiger partial charge in [0.15, 0.2) is 0 Å². The molecule has 0 radical (unpaired) electrons. The SMILES string of the molecule is CC=CC(COc1ccc(C2(c3ccc(OCC(C=CC)OC)cc3)c3ccccc3-c3ccccc32)cc1)OC. The smallest absolute Gasteiger partial charge is 0.119 e. The predicted molar refractivity (Wildman–Crippen MR) is 166 cm³/mol. The highest BCUT2D eigenvalue weighted by Gasteiger charge is 2.45. The first-order valence-corrected chi connectivity index (χ1v) is 14.1. The lowest BCUT2D eigenvalue weighted by molar-refractivity contribution is 0.0915. The number of fused-ring (bicyclic) bond motifs is 3. The van der Waals surface area contributed by atoms with E-state index in [4.69, 9.17) is 18.9 Å². The molecule has 0 fully saturated rings. The number of hydrogen-bond donors (Lipinski definition) is 0. The molecule has 210 valence electrons. The zero-order chi connectivity index (χ0) is 28.7. The Balaban J connectivity index is 1.55. The van der Waals surface area contributed by atoms with Crippen molar-refractivity contribution in [1.82, 2.24) is 0 Å². The quantitative estimate of drug-likeness (QED) is 0.149. The Hall–Kier alpha value is -4.12. The van der Waals surface area contributed by atoms with Gasteiger partial charge in [0.25, 0.3) is 0 Å². The van der Waals surface area contributed by atoms with Gasteiger partial charge >= 0.3 is 0 Å². The highest BCUT2D eigenvalue weighted by Crippen LogP contribution is 2.56. The predicted octanol–water partition coefficient (Wildman–Crippen LogP) is 7.99. The molecular formula is C37H38O4. The Morgan fingerprint density at radius 1 is 0.561 bits per heavy atom. The number of methoxy groups -OCH3 is 2. The second-order valence-electron chi connectivity index (χ2n) is 10.1. The maximum absolute atomic E-state index is 6.09. The van der Waals surface area contributed by atoms with Crippen LogP contribution in [0.1, 0.15) is 36.1 Å². The van der Waals surface area contributed by atoms with Crippen molar-refractivity contribution in [1.29, 1.82) is 0 Å². The van der Waals surface area contributed by atoms with Crippen LogP contribution in [-0.4, -0.2) is 39.6 Å². The fraction of sp³-hybridized carbons (Fsp3) is 0.243. The van der Waals surface area contributed by atoms with Gasteiger partial charge in [-0.15, -0.1) is 0 Å². The van der Waals surface area contributed by atoms with Crippen LogP contribution in [0.4, 0.5) is 0 Å². The molecule has 0 bridgehead atoms. The molecule has 0 spiro atoms. The summed E-state index contributed by atoms with van der Waals surface area (Å²) in [4.78, 5) is 0. The van der Waals surface area contributed by atoms with Gasteiger partial charge in [-0.3, -0.25) is 0 Å². The molecule has 2 unspecified atom stereocenters. The van der Waals surface area contributed by atoms with Crippen molar-refractivity contribution < 1.29 is 18.9 Å². The molecule has 0 aliphatic heterocycles. The summed E-state index contributed by atoms with van der Waals surface area (Å²) in [5.74, 6) is 1.63. The summed E-state index contributed by atoms with van der Waals surface area (Å²) < 4.78 is 23.2. The molecule has 0 saturated heterocycles. The molecule has 0 heterocycles. The van der Waals surface area contributed by atoms with Gasteiger partial charge in [-0.25, -0.2) is 0 Å². The Kier molecular flexibility index (Phi) is 9.03. The Labute approximate surface area is 243 Å². The molecule has 2 atom stereocenters. The molecule has 4 aromatic carbocycles. The number of benzene rings is 4. The zero-order valence-electron chi connectivity index (χ0n) is 24.2. The lowest BCUT2D eigenvalue weighted by atomic mass is 9.68. The second kappa shape index (κ2) is 13.0. The van der Waals surface area contributed by atoms with E-state index in [2.05, 4.69) is 97.1 Å². The standard InChI is InChI=1S/C37H38O4/c1-5-11-31(38-3)25-40-29-21-17-27(18-22-29)37(28-19-23-30(24-20-28)41-26-32(39-4)12-6-2)35-15-9-7-13-33(35)34-14-8-10-16-36(34)37/h5-24,31-32H,25-26H2,1-4H3. The third kappa shape index (κ3) is 5.58. The van der Waals surface area contributed by atoms with Crippen molar-refractivity contribution >= 4 is 0 Å². The molecule has 4 nitrogen and oxygen atoms in total. The van der Waals surface area contributed by atoms with Gasteiger partial charge in [-0.1, -0.05) is 97.1 Å². The van der Waals surface area contributed by atoms with Crippen molar-refractivity contribution in [2.75, 3.05) is 27.4 Å². The van der Waals surface area contributed by atoms with Crippen LogP contribution in [0, 0.1) is 0 Å². The van der Waals surface area contributed by atoms with Crippen molar-refractivity contribution in [2.24, 2.45) is 0 Å². The topological polar surface area (TPSA) is 36.9 Å². The summed E-state index contributed by atoms with van der Waals surface area (Å²) in [5, 5.41) is 0. The van der Waals surface area contributed by atoms with Crippen LogP contribution in [-0.2, 0) is 14.9 Å². The lowest BCUT2D eigenvalue weighted by Crippen LogP contribution is -2.28. The third-order valence-corrected chi connectivity index (χ3v) is 7.78. The largest absolute Gasteiger partial charge is 0.491 e. The Morgan fingerprint density at radius 3 is 1.32 bits per heavy atom. The van der Waals surface area contributed by atoms with Gasteiger partial charge in [-0.2, -0.15) is 0 Å². The summed E-state index contributed by atoms with van der Waals surface area (Å²) in [6.07, 6.45) is 7.79. The summed E-state index contributed by atoms with van der Waals surface area (Å²) in [5.41, 5.74) is 6.93. The molecule has 0 N–H and O–H groups in total. The normalized spacial score (nSPS) is 15.0. The maximum atomic E-state index is 6.09. The van der Waals surface area contributed by atoms with E-state index in [0.29, 0.717) is 13.2 Å². The van der Waals surface area contributed by atoms with E-state index in [1.54, 1.807) is 14.2 Å². The molecule has 1 aliphatic rings. The molecular weight excluding hydrogens is 508 g/mol. The first kappa shape index (κ1) is 28.4. The molecule has 41 heavy (non-hydrogen) atoms. The van der Waals surface area contributed by atoms with Crippen LogP contribution in [0.2, 0.25) is 0 Å². The van der Waals surface area contributed by atoms with E-state index in [0.717, 1.165) is 11.5 Å². The van der Waals surface area contributed by atoms with Crippen LogP contribution in [0.15, 0.2) is 121 Å². The van der Waals surface area contributed by atoms with Gasteiger partial charge in [0.2, 0.25) is 0 Å². The average Bonchev–Trinajstić information content (AvgIpc) is 3.33. The van der Waals surface area contributed by atoms with Crippen molar-refractivity contribution in [3.63, 3.8) is 0 Å². The zero-order valence-corrected chi connectivity index (χ0v) is 24.2. The van der Waals surface area contributed by atoms with E-state index >= 15 is 0 Å². The van der Waals surface area contributed by atoms with Crippen LogP contribution in [0.3, 0.4) is 0 Å². The summed E-state index contributed by atoms with van der Waals surface area (Å²) >= 11 is 0. The third-order valence-electron chi connectivity index (χ3n) is 7.78. The fourth-order valence-corrected chi connectivity index (χ4v) is 5.82. The minimum atomic E-state index is -0.482. The van der Waals surface area contributed by atoms with Crippen molar-refractivity contribution in [2.45, 2.75) is 31.5 Å². The highest BCUT2D eigenvalue weighted by atomic mass is 16.5. The van der Waals surface area contributed by atoms with Gasteiger partial charge < -0.3 is 18.9 Å². The number of hydrogen-bond acceptors (Lipinski definition) is 4. The first-order chi connectivity index (χ1) is 20.1. The molecule has 1 aliphatic carbocycles. The highest BCUT2D eigenvalue weighted by molar-refractivity contribution is 5.86. The van der Waals surface area contributed by atoms with E-state index in [1.807, 2.05) is 38.2 Å². The summed E-state index contributed by atoms with van der Waals surface area (Å²) in [6, 6.07) is 34.5. The van der Waals surface area contributed by atoms with E-state index < -0.39 is 5.41 Å². The second-order valence-corrected chi connectivity index (χ2v) is 10.1. The number of ether oxygens (including phenoxy) is 4. The molecule has 0 amide bonds. The molecule has 4 heteroatoms. The van der Waals surface area contributed by atoms with Gasteiger partial charge in [0, 0.05) is 14.2 Å². The molecule has 0 aromatic heterocycles. The van der Waals surface area contributed by atoms with E-state index in [-0.39, 0.29) is 12.2 Å². The Morgan fingerprint density at radius 2 is 0.951 bits per heavy atom. The van der Waals surface area contributed by atoms with Gasteiger partial charge in [-0.05, 0) is 71.5 Å². The maximum Gasteiger partial charge on any atom is 0.119 e. The van der Waals surface area contributed by atoms with Gasteiger partial charge in [0.1, 0.15) is 36.9 Å². The minimum absolute atomic E-state index is 0.0856. The molecule has 5 rings (SSSR count). The molecule has 0 saturated carbocycles. The first-order valence-electron chi connectivity index (χ1n) is 14.1. The van der Waals surface area contributed by atoms with Crippen molar-refractivity contribution in [3.8, 4) is 22.6 Å². The number of allylic oxidation sites excluding steroid dienone is 2. The van der Waals surface area contributed by atoms with Crippen LogP contribution < -0.4 is 9.47 Å². The molecule has 4 aromatic rings. The van der Waals surface area contributed by atoms with E-state index in [1.165, 1.54) is 33.4 Å². The Bertz CT molecular complexity index is 1370. The van der Waals surface area contributed by atoms with Gasteiger partial charge in [0.05, 0.1) is 5.41 Å². The summed E-state index contributed by atoms with van der Waals surface area (Å²) in [7, 11) is 3.40. The monoisotopic (exact) mass is 546 g/mol. The number of rotatable bonds is 12. The lowest BCUT2D eigenvalue weighted by Gasteiger charge is -2.34. The van der Waals surface area contributed by atoms with Crippen molar-refractivity contribution in [3.05, 3.63) is 144 Å². The fourth-order valence-electron chi connectivity index (χ4n) is 5.82. The summed E-state index contributed by atoms with van der Waals surface area (Å²) in [6.45, 7) is 4.87. The minimum Gasteiger partial charge on any atom is -0.491 e. The van der Waals surface area contributed by atoms with Crippen LogP contribution in [0.25, 0.3) is 11.1 Å². The average molecular weight is 547 g/mol.